The molecule has 0 aliphatic carbocycles. The van der Waals surface area contributed by atoms with E-state index in [1.807, 2.05) is 24.3 Å². The zero-order valence-corrected chi connectivity index (χ0v) is 11.7. The third kappa shape index (κ3) is 2.94. The van der Waals surface area contributed by atoms with E-state index < -0.39 is 5.97 Å². The van der Waals surface area contributed by atoms with Crippen molar-refractivity contribution in [2.24, 2.45) is 4.99 Å². The van der Waals surface area contributed by atoms with Crippen molar-refractivity contribution >= 4 is 17.9 Å². The number of ether oxygens (including phenoxy) is 1. The van der Waals surface area contributed by atoms with Crippen LogP contribution in [0.1, 0.15) is 30.2 Å². The average Bonchev–Trinajstić information content (AvgIpc) is 3.11. The summed E-state index contributed by atoms with van der Waals surface area (Å²) >= 11 is 0. The second-order valence-corrected chi connectivity index (χ2v) is 4.80. The zero-order valence-electron chi connectivity index (χ0n) is 11.7. The monoisotopic (exact) mass is 281 g/mol. The van der Waals surface area contributed by atoms with Crippen LogP contribution in [0.5, 0.6) is 0 Å². The summed E-state index contributed by atoms with van der Waals surface area (Å²) in [6, 6.07) is 11.4. The van der Waals surface area contributed by atoms with Crippen LogP contribution >= 0.6 is 0 Å². The van der Waals surface area contributed by atoms with Crippen LogP contribution in [-0.2, 0) is 16.0 Å². The highest BCUT2D eigenvalue weighted by Gasteiger charge is 2.24. The van der Waals surface area contributed by atoms with Crippen molar-refractivity contribution in [3.05, 3.63) is 65.2 Å². The van der Waals surface area contributed by atoms with Crippen LogP contribution in [-0.4, -0.2) is 11.9 Å². The fraction of sp³-hybridized carbons (Fsp3) is 0.176. The summed E-state index contributed by atoms with van der Waals surface area (Å²) < 4.78 is 10.4. The summed E-state index contributed by atoms with van der Waals surface area (Å²) in [6.45, 7) is 2.14. The average molecular weight is 281 g/mol. The largest absolute Gasteiger partial charge is 0.465 e. The Hall–Kier alpha value is -2.62. The fourth-order valence-corrected chi connectivity index (χ4v) is 2.14. The summed E-state index contributed by atoms with van der Waals surface area (Å²) in [5, 5.41) is 0. The fourth-order valence-electron chi connectivity index (χ4n) is 2.14. The second-order valence-electron chi connectivity index (χ2n) is 4.80. The van der Waals surface area contributed by atoms with Gasteiger partial charge in [-0.2, -0.15) is 0 Å². The topological polar surface area (TPSA) is 51.8 Å². The van der Waals surface area contributed by atoms with Gasteiger partial charge in [-0.25, -0.2) is 9.79 Å². The molecule has 0 spiro atoms. The van der Waals surface area contributed by atoms with Crippen molar-refractivity contribution in [3.8, 4) is 0 Å². The van der Waals surface area contributed by atoms with E-state index in [1.165, 1.54) is 5.56 Å². The zero-order chi connectivity index (χ0) is 14.7. The third-order valence-electron chi connectivity index (χ3n) is 3.18. The Morgan fingerprint density at radius 2 is 2.00 bits per heavy atom. The number of benzene rings is 1. The molecule has 21 heavy (non-hydrogen) atoms. The molecule has 106 valence electrons. The van der Waals surface area contributed by atoms with Crippen molar-refractivity contribution in [1.82, 2.24) is 0 Å². The molecule has 0 saturated heterocycles. The van der Waals surface area contributed by atoms with Crippen molar-refractivity contribution in [3.63, 3.8) is 0 Å². The van der Waals surface area contributed by atoms with Gasteiger partial charge in [0.2, 0.25) is 5.90 Å². The van der Waals surface area contributed by atoms with E-state index in [4.69, 9.17) is 9.15 Å². The maximum absolute atomic E-state index is 11.8. The van der Waals surface area contributed by atoms with Gasteiger partial charge in [0.05, 0.1) is 6.26 Å². The van der Waals surface area contributed by atoms with Crippen LogP contribution < -0.4 is 0 Å². The van der Waals surface area contributed by atoms with Gasteiger partial charge in [0.25, 0.3) is 0 Å². The highest BCUT2D eigenvalue weighted by Crippen LogP contribution is 2.19. The summed E-state index contributed by atoms with van der Waals surface area (Å²) in [5.41, 5.74) is 2.31. The van der Waals surface area contributed by atoms with Crippen molar-refractivity contribution in [2.45, 2.75) is 19.8 Å². The van der Waals surface area contributed by atoms with E-state index in [1.54, 1.807) is 24.5 Å². The standard InChI is InChI=1S/C17H15NO3/c1-2-4-12-6-8-13(9-7-12)16-18-15(17(19)21-16)11-14-5-3-10-20-14/h3,5-11H,2,4H2,1H3. The summed E-state index contributed by atoms with van der Waals surface area (Å²) in [4.78, 5) is 16.0. The molecule has 0 saturated carbocycles. The van der Waals surface area contributed by atoms with Gasteiger partial charge in [0, 0.05) is 11.6 Å². The molecule has 0 bridgehead atoms. The van der Waals surface area contributed by atoms with E-state index >= 15 is 0 Å². The number of carbonyl (C=O) groups excluding carboxylic acids is 1. The molecular weight excluding hydrogens is 266 g/mol. The van der Waals surface area contributed by atoms with Crippen LogP contribution in [0, 0.1) is 0 Å². The molecule has 0 radical (unpaired) electrons. The molecular formula is C17H15NO3. The lowest BCUT2D eigenvalue weighted by atomic mass is 10.1. The molecule has 1 aliphatic rings. The number of nitrogens with zero attached hydrogens (tertiary/aromatic N) is 1. The van der Waals surface area contributed by atoms with Gasteiger partial charge in [-0.1, -0.05) is 25.5 Å². The van der Waals surface area contributed by atoms with E-state index in [0.29, 0.717) is 11.7 Å². The molecule has 1 aromatic carbocycles. The normalized spacial score (nSPS) is 16.1. The number of furan rings is 1. The Labute approximate surface area is 122 Å². The van der Waals surface area contributed by atoms with Crippen LogP contribution in [0.25, 0.3) is 6.08 Å². The quantitative estimate of drug-likeness (QED) is 0.636. The Kier molecular flexibility index (Phi) is 3.69. The molecule has 4 heteroatoms. The summed E-state index contributed by atoms with van der Waals surface area (Å²) in [7, 11) is 0. The van der Waals surface area contributed by atoms with E-state index in [2.05, 4.69) is 11.9 Å². The van der Waals surface area contributed by atoms with Crippen molar-refractivity contribution in [2.75, 3.05) is 0 Å². The first-order chi connectivity index (χ1) is 10.3. The van der Waals surface area contributed by atoms with Gasteiger partial charge in [0.15, 0.2) is 5.70 Å². The van der Waals surface area contributed by atoms with Crippen LogP contribution in [0.15, 0.2) is 57.8 Å². The van der Waals surface area contributed by atoms with Gasteiger partial charge < -0.3 is 9.15 Å². The van der Waals surface area contributed by atoms with Crippen molar-refractivity contribution in [1.29, 1.82) is 0 Å². The first-order valence-electron chi connectivity index (χ1n) is 6.91. The van der Waals surface area contributed by atoms with Gasteiger partial charge in [0.1, 0.15) is 5.76 Å². The summed E-state index contributed by atoms with van der Waals surface area (Å²) in [6.07, 6.45) is 5.26. The number of aryl methyl sites for hydroxylation is 1. The lowest BCUT2D eigenvalue weighted by Crippen LogP contribution is -2.05. The van der Waals surface area contributed by atoms with Gasteiger partial charge in [-0.3, -0.25) is 0 Å². The highest BCUT2D eigenvalue weighted by molar-refractivity contribution is 6.12. The maximum atomic E-state index is 11.8. The predicted molar refractivity (Wildman–Crippen MR) is 79.8 cm³/mol. The highest BCUT2D eigenvalue weighted by atomic mass is 16.6. The Morgan fingerprint density at radius 3 is 2.67 bits per heavy atom. The number of aliphatic imine (C=N–C) groups is 1. The number of hydrogen-bond acceptors (Lipinski definition) is 4. The minimum Gasteiger partial charge on any atom is -0.465 e. The molecule has 4 nitrogen and oxygen atoms in total. The van der Waals surface area contributed by atoms with E-state index in [9.17, 15) is 4.79 Å². The van der Waals surface area contributed by atoms with Crippen LogP contribution in [0.3, 0.4) is 0 Å². The van der Waals surface area contributed by atoms with Gasteiger partial charge >= 0.3 is 5.97 Å². The molecule has 3 rings (SSSR count). The number of esters is 1. The first kappa shape index (κ1) is 13.4. The lowest BCUT2D eigenvalue weighted by molar-refractivity contribution is -0.129. The van der Waals surface area contributed by atoms with Crippen LogP contribution in [0.4, 0.5) is 0 Å². The van der Waals surface area contributed by atoms with Gasteiger partial charge in [-0.05, 0) is 36.2 Å². The van der Waals surface area contributed by atoms with Crippen molar-refractivity contribution < 1.29 is 13.9 Å². The molecule has 0 fully saturated rings. The number of rotatable bonds is 4. The summed E-state index contributed by atoms with van der Waals surface area (Å²) in [5.74, 6) is 0.449. The van der Waals surface area contributed by atoms with E-state index in [0.717, 1.165) is 18.4 Å². The Bertz CT molecular complexity index is 694. The predicted octanol–water partition coefficient (Wildman–Crippen LogP) is 3.58. The second kappa shape index (κ2) is 5.79. The lowest BCUT2D eigenvalue weighted by Gasteiger charge is -2.01. The molecule has 0 amide bonds. The molecule has 0 unspecified atom stereocenters. The number of carbonyl (C=O) groups is 1. The molecule has 1 aliphatic heterocycles. The molecule has 0 N–H and O–H groups in total. The van der Waals surface area contributed by atoms with Gasteiger partial charge in [-0.15, -0.1) is 0 Å². The number of hydrogen-bond donors (Lipinski definition) is 0. The first-order valence-corrected chi connectivity index (χ1v) is 6.91. The smallest absolute Gasteiger partial charge is 0.363 e. The van der Waals surface area contributed by atoms with Crippen LogP contribution in [0.2, 0.25) is 0 Å². The molecule has 0 atom stereocenters. The van der Waals surface area contributed by atoms with E-state index in [-0.39, 0.29) is 5.70 Å². The SMILES string of the molecule is CCCc1ccc(C2=NC(=Cc3ccco3)C(=O)O2)cc1. The molecule has 2 aromatic rings. The molecule has 2 heterocycles. The molecule has 1 aromatic heterocycles. The minimum absolute atomic E-state index is 0.248. The maximum Gasteiger partial charge on any atom is 0.363 e. The minimum atomic E-state index is -0.459. The Balaban J connectivity index is 1.84. The third-order valence-corrected chi connectivity index (χ3v) is 3.18. The number of cyclic esters (lactones) is 1. The Morgan fingerprint density at radius 1 is 1.19 bits per heavy atom.